The van der Waals surface area contributed by atoms with Crippen LogP contribution in [-0.4, -0.2) is 30.3 Å². The molecule has 4 heteroatoms. The fraction of sp³-hybridized carbons (Fsp3) is 0.500. The van der Waals surface area contributed by atoms with Crippen LogP contribution in [0.25, 0.3) is 0 Å². The zero-order chi connectivity index (χ0) is 13.3. The summed E-state index contributed by atoms with van der Waals surface area (Å²) in [5, 5.41) is 19.6. The SMILES string of the molecule is CN(C)c1ccc(O)c(C2(C(=O)O)CCCC2)c1. The van der Waals surface area contributed by atoms with Crippen LogP contribution < -0.4 is 4.90 Å². The van der Waals surface area contributed by atoms with Crippen molar-refractivity contribution in [1.82, 2.24) is 0 Å². The highest BCUT2D eigenvalue weighted by Gasteiger charge is 2.44. The zero-order valence-corrected chi connectivity index (χ0v) is 10.8. The molecule has 0 aliphatic heterocycles. The van der Waals surface area contributed by atoms with Crippen molar-refractivity contribution in [2.24, 2.45) is 0 Å². The molecule has 0 atom stereocenters. The summed E-state index contributed by atoms with van der Waals surface area (Å²) in [5.41, 5.74) is 0.560. The second kappa shape index (κ2) is 4.52. The third kappa shape index (κ3) is 1.92. The van der Waals surface area contributed by atoms with Crippen molar-refractivity contribution in [3.63, 3.8) is 0 Å². The summed E-state index contributed by atoms with van der Waals surface area (Å²) < 4.78 is 0. The number of hydrogen-bond donors (Lipinski definition) is 2. The van der Waals surface area contributed by atoms with Crippen molar-refractivity contribution in [2.75, 3.05) is 19.0 Å². The highest BCUT2D eigenvalue weighted by molar-refractivity contribution is 5.83. The number of aliphatic carboxylic acids is 1. The third-order valence-corrected chi connectivity index (χ3v) is 3.88. The number of nitrogens with zero attached hydrogens (tertiary/aromatic N) is 1. The Hall–Kier alpha value is -1.71. The molecule has 1 fully saturated rings. The van der Waals surface area contributed by atoms with Crippen LogP contribution in [0.1, 0.15) is 31.2 Å². The number of carboxylic acids is 1. The first-order valence-electron chi connectivity index (χ1n) is 6.21. The number of phenols is 1. The number of hydrogen-bond acceptors (Lipinski definition) is 3. The van der Waals surface area contributed by atoms with Gasteiger partial charge in [0.15, 0.2) is 0 Å². The van der Waals surface area contributed by atoms with Gasteiger partial charge in [0.25, 0.3) is 0 Å². The minimum Gasteiger partial charge on any atom is -0.508 e. The maximum absolute atomic E-state index is 11.6. The van der Waals surface area contributed by atoms with Crippen LogP contribution in [-0.2, 0) is 10.2 Å². The van der Waals surface area contributed by atoms with Gasteiger partial charge in [-0.2, -0.15) is 0 Å². The molecule has 1 aromatic rings. The van der Waals surface area contributed by atoms with Crippen molar-refractivity contribution in [3.8, 4) is 5.75 Å². The molecule has 1 aromatic carbocycles. The second-order valence-corrected chi connectivity index (χ2v) is 5.19. The number of carbonyl (C=O) groups is 1. The minimum absolute atomic E-state index is 0.0879. The monoisotopic (exact) mass is 249 g/mol. The van der Waals surface area contributed by atoms with Gasteiger partial charge in [-0.15, -0.1) is 0 Å². The van der Waals surface area contributed by atoms with E-state index >= 15 is 0 Å². The molecule has 2 rings (SSSR count). The van der Waals surface area contributed by atoms with Gasteiger partial charge >= 0.3 is 5.97 Å². The van der Waals surface area contributed by atoms with Gasteiger partial charge in [0.05, 0.1) is 5.41 Å². The van der Waals surface area contributed by atoms with Crippen LogP contribution in [0.4, 0.5) is 5.69 Å². The fourth-order valence-electron chi connectivity index (χ4n) is 2.76. The Morgan fingerprint density at radius 2 is 1.89 bits per heavy atom. The predicted molar refractivity (Wildman–Crippen MR) is 70.2 cm³/mol. The van der Waals surface area contributed by atoms with Gasteiger partial charge in [-0.1, -0.05) is 12.8 Å². The predicted octanol–water partition coefficient (Wildman–Crippen LogP) is 2.35. The molecule has 0 saturated heterocycles. The molecular weight excluding hydrogens is 230 g/mol. The van der Waals surface area contributed by atoms with Gasteiger partial charge in [0, 0.05) is 25.3 Å². The van der Waals surface area contributed by atoms with E-state index in [0.717, 1.165) is 18.5 Å². The lowest BCUT2D eigenvalue weighted by molar-refractivity contribution is -0.143. The van der Waals surface area contributed by atoms with Crippen LogP contribution in [0.15, 0.2) is 18.2 Å². The summed E-state index contributed by atoms with van der Waals surface area (Å²) in [5.74, 6) is -0.740. The molecular formula is C14H19NO3. The van der Waals surface area contributed by atoms with Gasteiger partial charge in [0.2, 0.25) is 0 Å². The Balaban J connectivity index is 2.54. The molecule has 0 amide bonds. The summed E-state index contributed by atoms with van der Waals surface area (Å²) in [7, 11) is 3.80. The summed E-state index contributed by atoms with van der Waals surface area (Å²) >= 11 is 0. The maximum Gasteiger partial charge on any atom is 0.314 e. The van der Waals surface area contributed by atoms with Gasteiger partial charge in [0.1, 0.15) is 5.75 Å². The quantitative estimate of drug-likeness (QED) is 0.863. The van der Waals surface area contributed by atoms with Crippen molar-refractivity contribution in [3.05, 3.63) is 23.8 Å². The number of carboxylic acid groups (broad SMARTS) is 1. The number of anilines is 1. The Bertz CT molecular complexity index is 462. The lowest BCUT2D eigenvalue weighted by atomic mass is 9.78. The van der Waals surface area contributed by atoms with Gasteiger partial charge in [-0.25, -0.2) is 0 Å². The van der Waals surface area contributed by atoms with Crippen molar-refractivity contribution in [2.45, 2.75) is 31.1 Å². The highest BCUT2D eigenvalue weighted by Crippen LogP contribution is 2.45. The molecule has 1 aliphatic rings. The van der Waals surface area contributed by atoms with Crippen LogP contribution >= 0.6 is 0 Å². The molecule has 18 heavy (non-hydrogen) atoms. The summed E-state index contributed by atoms with van der Waals surface area (Å²) in [6.45, 7) is 0. The van der Waals surface area contributed by atoms with E-state index in [1.165, 1.54) is 0 Å². The topological polar surface area (TPSA) is 60.8 Å². The summed E-state index contributed by atoms with van der Waals surface area (Å²) in [6, 6.07) is 5.19. The van der Waals surface area contributed by atoms with E-state index in [0.29, 0.717) is 18.4 Å². The molecule has 0 aromatic heterocycles. The molecule has 1 aliphatic carbocycles. The van der Waals surface area contributed by atoms with Crippen LogP contribution in [0.2, 0.25) is 0 Å². The Morgan fingerprint density at radius 3 is 2.39 bits per heavy atom. The van der Waals surface area contributed by atoms with Crippen molar-refractivity contribution in [1.29, 1.82) is 0 Å². The molecule has 2 N–H and O–H groups in total. The highest BCUT2D eigenvalue weighted by atomic mass is 16.4. The van der Waals surface area contributed by atoms with E-state index in [1.54, 1.807) is 18.2 Å². The van der Waals surface area contributed by atoms with Crippen LogP contribution in [0.5, 0.6) is 5.75 Å². The average Bonchev–Trinajstić information content (AvgIpc) is 2.79. The Kier molecular flexibility index (Phi) is 3.20. The first-order chi connectivity index (χ1) is 8.47. The number of phenolic OH excluding ortho intramolecular Hbond substituents is 1. The molecule has 98 valence electrons. The Morgan fingerprint density at radius 1 is 1.28 bits per heavy atom. The van der Waals surface area contributed by atoms with E-state index in [-0.39, 0.29) is 5.75 Å². The third-order valence-electron chi connectivity index (χ3n) is 3.88. The first kappa shape index (κ1) is 12.7. The largest absolute Gasteiger partial charge is 0.508 e. The fourth-order valence-corrected chi connectivity index (χ4v) is 2.76. The second-order valence-electron chi connectivity index (χ2n) is 5.19. The van der Waals surface area contributed by atoms with Gasteiger partial charge in [-0.3, -0.25) is 4.79 Å². The number of aromatic hydroxyl groups is 1. The molecule has 0 heterocycles. The van der Waals surface area contributed by atoms with Crippen molar-refractivity contribution < 1.29 is 15.0 Å². The van der Waals surface area contributed by atoms with E-state index in [1.807, 2.05) is 19.0 Å². The van der Waals surface area contributed by atoms with Gasteiger partial charge in [-0.05, 0) is 31.0 Å². The lowest BCUT2D eigenvalue weighted by Gasteiger charge is -2.26. The smallest absolute Gasteiger partial charge is 0.314 e. The van der Waals surface area contributed by atoms with Crippen LogP contribution in [0.3, 0.4) is 0 Å². The maximum atomic E-state index is 11.6. The first-order valence-corrected chi connectivity index (χ1v) is 6.21. The Labute approximate surface area is 107 Å². The van der Waals surface area contributed by atoms with E-state index in [4.69, 9.17) is 0 Å². The zero-order valence-electron chi connectivity index (χ0n) is 10.8. The lowest BCUT2D eigenvalue weighted by Crippen LogP contribution is -2.32. The minimum atomic E-state index is -0.907. The molecule has 0 radical (unpaired) electrons. The van der Waals surface area contributed by atoms with Gasteiger partial charge < -0.3 is 15.1 Å². The number of rotatable bonds is 3. The van der Waals surface area contributed by atoms with E-state index in [9.17, 15) is 15.0 Å². The summed E-state index contributed by atoms with van der Waals surface area (Å²) in [4.78, 5) is 13.5. The molecule has 1 saturated carbocycles. The van der Waals surface area contributed by atoms with E-state index in [2.05, 4.69) is 0 Å². The standard InChI is InChI=1S/C14H19NO3/c1-15(2)10-5-6-12(16)11(9-10)14(13(17)18)7-3-4-8-14/h5-6,9,16H,3-4,7-8H2,1-2H3,(H,17,18). The average molecular weight is 249 g/mol. The van der Waals surface area contributed by atoms with E-state index < -0.39 is 11.4 Å². The van der Waals surface area contributed by atoms with Crippen LogP contribution in [0, 0.1) is 0 Å². The molecule has 0 spiro atoms. The van der Waals surface area contributed by atoms with Crippen molar-refractivity contribution >= 4 is 11.7 Å². The number of benzene rings is 1. The summed E-state index contributed by atoms with van der Waals surface area (Å²) in [6.07, 6.45) is 3.01. The normalized spacial score (nSPS) is 17.7. The molecule has 0 bridgehead atoms. The molecule has 0 unspecified atom stereocenters. The molecule has 4 nitrogen and oxygen atoms in total.